The zero-order valence-corrected chi connectivity index (χ0v) is 40.8. The van der Waals surface area contributed by atoms with Crippen molar-refractivity contribution < 1.29 is 46.3 Å². The van der Waals surface area contributed by atoms with Crippen LogP contribution in [-0.4, -0.2) is 65.9 Å². The number of nitrogens with zero attached hydrogens (tertiary/aromatic N) is 6. The number of benzene rings is 1. The first kappa shape index (κ1) is 50.0. The molecule has 0 radical (unpaired) electrons. The highest BCUT2D eigenvalue weighted by Crippen LogP contribution is 2.72. The Morgan fingerprint density at radius 1 is 0.970 bits per heavy atom. The predicted molar refractivity (Wildman–Crippen MR) is 242 cm³/mol. The molecule has 66 heavy (non-hydrogen) atoms. The summed E-state index contributed by atoms with van der Waals surface area (Å²) in [5.41, 5.74) is -0.437. The van der Waals surface area contributed by atoms with E-state index in [1.807, 2.05) is 0 Å². The van der Waals surface area contributed by atoms with Crippen LogP contribution in [0.1, 0.15) is 138 Å². The van der Waals surface area contributed by atoms with Crippen LogP contribution in [0.2, 0.25) is 0 Å². The Bertz CT molecular complexity index is 2170. The second kappa shape index (κ2) is 20.4. The zero-order valence-electron chi connectivity index (χ0n) is 39.9. The normalized spacial score (nSPS) is 29.9. The van der Waals surface area contributed by atoms with Gasteiger partial charge in [-0.05, 0) is 110 Å². The minimum Gasteiger partial charge on any atom is -0.481 e. The van der Waals surface area contributed by atoms with Crippen LogP contribution in [0.3, 0.4) is 0 Å². The molecule has 0 bridgehead atoms. The number of fused-ring (bicyclic) bond motifs is 5. The standard InChI is InChI=1S/C49H71F2N6O8P/c1-8-62-66(61,65-49(27-56-31-52-29-54-56,28-57-32-53-30-55-57)41-15-13-37(50)25-42(41)51)63-23-20-35-26-46(5)36(24-43(35)64-45(60)17-16-44(58)59)12-14-38-39(46)18-22-48(7)40(38)19-21-47(48,6)34(4)11-9-10-33(2)3/h12-13,15,25,29-35,38-40,43H,8-11,14,16-24,26-28H2,1-7H3,(H,58,59)/t34-,35?,38-,39+,40+,43+,46+,47-,48+,66?/m1/s1. The van der Waals surface area contributed by atoms with Crippen molar-refractivity contribution in [3.05, 3.63) is 72.4 Å². The molecule has 0 spiro atoms. The van der Waals surface area contributed by atoms with Crippen LogP contribution in [0.15, 0.2) is 55.2 Å². The first-order valence-electron chi connectivity index (χ1n) is 24.1. The second-order valence-electron chi connectivity index (χ2n) is 20.9. The van der Waals surface area contributed by atoms with Gasteiger partial charge in [0, 0.05) is 18.1 Å². The van der Waals surface area contributed by atoms with Gasteiger partial charge in [0.2, 0.25) is 0 Å². The number of carbonyl (C=O) groups is 2. The van der Waals surface area contributed by atoms with Crippen molar-refractivity contribution in [2.45, 2.75) is 157 Å². The van der Waals surface area contributed by atoms with E-state index < -0.39 is 43.1 Å². The lowest BCUT2D eigenvalue weighted by Gasteiger charge is -2.61. The number of hydrogen-bond acceptors (Lipinski definition) is 11. The van der Waals surface area contributed by atoms with Gasteiger partial charge in [0.1, 0.15) is 48.6 Å². The molecular weight excluding hydrogens is 870 g/mol. The Labute approximate surface area is 388 Å². The molecule has 1 N–H and O–H groups in total. The molecule has 7 rings (SSSR count). The number of ether oxygens (including phenoxy) is 1. The molecule has 17 heteroatoms. The van der Waals surface area contributed by atoms with Crippen LogP contribution in [0.5, 0.6) is 0 Å². The molecule has 3 aromatic rings. The number of carbonyl (C=O) groups excluding carboxylic acids is 1. The summed E-state index contributed by atoms with van der Waals surface area (Å²) in [6.45, 7) is 15.6. The fourth-order valence-electron chi connectivity index (χ4n) is 13.1. The van der Waals surface area contributed by atoms with Crippen LogP contribution in [0, 0.1) is 63.4 Å². The number of allylic oxidation sites excluding steroid dienone is 1. The molecule has 0 amide bonds. The molecular formula is C49H71F2N6O8P. The quantitative estimate of drug-likeness (QED) is 0.0575. The lowest BCUT2D eigenvalue weighted by atomic mass is 9.44. The summed E-state index contributed by atoms with van der Waals surface area (Å²) in [7, 11) is -4.60. The Hall–Kier alpha value is -3.85. The van der Waals surface area contributed by atoms with E-state index in [4.69, 9.17) is 18.3 Å². The summed E-state index contributed by atoms with van der Waals surface area (Å²) in [4.78, 5) is 32.7. The van der Waals surface area contributed by atoms with Crippen LogP contribution in [0.25, 0.3) is 0 Å². The van der Waals surface area contributed by atoms with Gasteiger partial charge in [0.15, 0.2) is 0 Å². The third-order valence-corrected chi connectivity index (χ3v) is 18.4. The summed E-state index contributed by atoms with van der Waals surface area (Å²) in [5.74, 6) is -0.774. The van der Waals surface area contributed by atoms with E-state index in [0.717, 1.165) is 25.0 Å². The Balaban J connectivity index is 1.15. The minimum atomic E-state index is -4.60. The van der Waals surface area contributed by atoms with E-state index in [9.17, 15) is 23.7 Å². The van der Waals surface area contributed by atoms with Gasteiger partial charge in [0.25, 0.3) is 0 Å². The maximum absolute atomic E-state index is 16.0. The van der Waals surface area contributed by atoms with Crippen molar-refractivity contribution in [2.75, 3.05) is 13.2 Å². The second-order valence-corrected chi connectivity index (χ2v) is 22.5. The van der Waals surface area contributed by atoms with Gasteiger partial charge in [-0.2, -0.15) is 10.2 Å². The lowest BCUT2D eigenvalue weighted by Crippen LogP contribution is -2.54. The molecule has 4 aliphatic carbocycles. The number of halogens is 2. The van der Waals surface area contributed by atoms with E-state index in [0.29, 0.717) is 48.9 Å². The molecule has 4 aliphatic rings. The Morgan fingerprint density at radius 2 is 1.67 bits per heavy atom. The topological polar surface area (TPSA) is 170 Å². The van der Waals surface area contributed by atoms with Crippen LogP contribution in [0.4, 0.5) is 8.78 Å². The number of aromatic nitrogens is 6. The van der Waals surface area contributed by atoms with Crippen LogP contribution < -0.4 is 0 Å². The fourth-order valence-corrected chi connectivity index (χ4v) is 14.5. The van der Waals surface area contributed by atoms with E-state index in [-0.39, 0.29) is 66.9 Å². The van der Waals surface area contributed by atoms with Crippen LogP contribution in [-0.2, 0) is 51.2 Å². The number of esters is 1. The largest absolute Gasteiger partial charge is 0.481 e. The average molecular weight is 941 g/mol. The van der Waals surface area contributed by atoms with E-state index in [1.165, 1.54) is 84.8 Å². The molecule has 0 saturated heterocycles. The maximum atomic E-state index is 16.0. The van der Waals surface area contributed by atoms with Gasteiger partial charge < -0.3 is 9.84 Å². The van der Waals surface area contributed by atoms with E-state index in [1.54, 1.807) is 6.92 Å². The summed E-state index contributed by atoms with van der Waals surface area (Å²) in [6.07, 6.45) is 17.7. The SMILES string of the molecule is CCOP(=O)(OCCC1C[C@@]2(C)C(=CC[C@@H]3[C@@H]2CC[C@@]2(C)[C@H]3CC[C@]2(C)[C@H](C)CCCC(C)C)C[C@@H]1OC(=O)CCC(=O)O)OC(Cn1cncn1)(Cn1cncn1)c1ccc(F)cc1F. The van der Waals surface area contributed by atoms with Gasteiger partial charge in [-0.15, -0.1) is 0 Å². The maximum Gasteiger partial charge on any atom is 0.475 e. The van der Waals surface area contributed by atoms with Gasteiger partial charge >= 0.3 is 19.8 Å². The molecule has 364 valence electrons. The van der Waals surface area contributed by atoms with Crippen molar-refractivity contribution in [1.82, 2.24) is 29.5 Å². The van der Waals surface area contributed by atoms with Gasteiger partial charge in [-0.25, -0.2) is 32.7 Å². The first-order valence-corrected chi connectivity index (χ1v) is 25.6. The molecule has 0 aliphatic heterocycles. The Morgan fingerprint density at radius 3 is 2.29 bits per heavy atom. The van der Waals surface area contributed by atoms with E-state index >= 15 is 4.39 Å². The summed E-state index contributed by atoms with van der Waals surface area (Å²) in [6, 6.07) is 3.02. The highest BCUT2D eigenvalue weighted by Gasteiger charge is 2.64. The summed E-state index contributed by atoms with van der Waals surface area (Å²) in [5, 5.41) is 17.8. The number of carboxylic acids is 1. The number of phosphoric ester groups is 1. The third-order valence-electron chi connectivity index (χ3n) is 16.8. The number of phosphoric acid groups is 1. The molecule has 2 unspecified atom stereocenters. The summed E-state index contributed by atoms with van der Waals surface area (Å²) >= 11 is 0. The van der Waals surface area contributed by atoms with Crippen molar-refractivity contribution >= 4 is 19.8 Å². The monoisotopic (exact) mass is 941 g/mol. The third kappa shape index (κ3) is 10.4. The predicted octanol–water partition coefficient (Wildman–Crippen LogP) is 10.7. The van der Waals surface area contributed by atoms with Gasteiger partial charge in [-0.3, -0.25) is 23.2 Å². The summed E-state index contributed by atoms with van der Waals surface area (Å²) < 4.78 is 72.7. The smallest absolute Gasteiger partial charge is 0.475 e. The zero-order chi connectivity index (χ0) is 47.5. The van der Waals surface area contributed by atoms with Gasteiger partial charge in [-0.1, -0.05) is 78.5 Å². The first-order chi connectivity index (χ1) is 31.3. The number of carboxylic acid groups (broad SMARTS) is 1. The van der Waals surface area contributed by atoms with Gasteiger partial charge in [0.05, 0.1) is 39.1 Å². The minimum absolute atomic E-state index is 0.0930. The highest BCUT2D eigenvalue weighted by atomic mass is 31.2. The average Bonchev–Trinajstić information content (AvgIpc) is 4.02. The lowest BCUT2D eigenvalue weighted by molar-refractivity contribution is -0.158. The molecule has 2 heterocycles. The van der Waals surface area contributed by atoms with Crippen molar-refractivity contribution in [1.29, 1.82) is 0 Å². The van der Waals surface area contributed by atoms with Crippen molar-refractivity contribution in [3.8, 4) is 0 Å². The molecule has 3 saturated carbocycles. The van der Waals surface area contributed by atoms with Crippen molar-refractivity contribution in [3.63, 3.8) is 0 Å². The molecule has 2 aromatic heterocycles. The molecule has 3 fully saturated rings. The van der Waals surface area contributed by atoms with Crippen LogP contribution >= 0.6 is 7.82 Å². The number of aliphatic carboxylic acids is 1. The molecule has 14 nitrogen and oxygen atoms in total. The Kier molecular flexibility index (Phi) is 15.5. The fraction of sp³-hybridized carbons (Fsp3) is 0.714. The molecule has 1 aromatic carbocycles. The van der Waals surface area contributed by atoms with Crippen molar-refractivity contribution in [2.24, 2.45) is 51.8 Å². The number of hydrogen-bond donors (Lipinski definition) is 1. The molecule has 10 atom stereocenters. The van der Waals surface area contributed by atoms with E-state index in [2.05, 4.69) is 67.8 Å². The highest BCUT2D eigenvalue weighted by molar-refractivity contribution is 7.48. The number of rotatable bonds is 22.